The Hall–Kier alpha value is -0.0800. The molecular formula is C15H30N2. The van der Waals surface area contributed by atoms with Crippen molar-refractivity contribution in [2.45, 2.75) is 64.8 Å². The van der Waals surface area contributed by atoms with Gasteiger partial charge in [0.25, 0.3) is 0 Å². The lowest BCUT2D eigenvalue weighted by Gasteiger charge is -2.51. The minimum Gasteiger partial charge on any atom is -0.329 e. The molecule has 1 unspecified atom stereocenters. The van der Waals surface area contributed by atoms with Crippen LogP contribution in [-0.4, -0.2) is 30.1 Å². The second-order valence-electron chi connectivity index (χ2n) is 6.81. The second-order valence-corrected chi connectivity index (χ2v) is 6.81. The first kappa shape index (κ1) is 13.4. The molecule has 1 aliphatic carbocycles. The molecule has 1 saturated carbocycles. The highest BCUT2D eigenvalue weighted by Crippen LogP contribution is 2.50. The molecule has 0 bridgehead atoms. The summed E-state index contributed by atoms with van der Waals surface area (Å²) in [6.07, 6.45) is 8.14. The number of likely N-dealkylation sites (tertiary alicyclic amines) is 1. The molecule has 2 nitrogen and oxygen atoms in total. The van der Waals surface area contributed by atoms with Crippen molar-refractivity contribution in [1.82, 2.24) is 4.90 Å². The predicted octanol–water partition coefficient (Wildman–Crippen LogP) is 3.02. The molecule has 1 aliphatic heterocycles. The minimum atomic E-state index is 0.297. The normalized spacial score (nSPS) is 35.3. The van der Waals surface area contributed by atoms with Crippen molar-refractivity contribution >= 4 is 0 Å². The number of nitrogens with two attached hydrogens (primary N) is 1. The number of rotatable bonds is 3. The van der Waals surface area contributed by atoms with Crippen LogP contribution in [0.1, 0.15) is 59.3 Å². The van der Waals surface area contributed by atoms with E-state index in [-0.39, 0.29) is 0 Å². The van der Waals surface area contributed by atoms with Gasteiger partial charge < -0.3 is 5.73 Å². The van der Waals surface area contributed by atoms with Crippen molar-refractivity contribution in [3.8, 4) is 0 Å². The molecule has 1 saturated heterocycles. The molecule has 0 spiro atoms. The summed E-state index contributed by atoms with van der Waals surface area (Å²) in [4.78, 5) is 2.74. The van der Waals surface area contributed by atoms with Gasteiger partial charge in [-0.05, 0) is 50.1 Å². The van der Waals surface area contributed by atoms with E-state index in [2.05, 4.69) is 25.7 Å². The summed E-state index contributed by atoms with van der Waals surface area (Å²) in [7, 11) is 0. The first-order valence-corrected chi connectivity index (χ1v) is 7.51. The summed E-state index contributed by atoms with van der Waals surface area (Å²) < 4.78 is 0. The zero-order chi connectivity index (χ0) is 12.5. The van der Waals surface area contributed by atoms with Crippen LogP contribution < -0.4 is 5.73 Å². The summed E-state index contributed by atoms with van der Waals surface area (Å²) in [6.45, 7) is 10.6. The van der Waals surface area contributed by atoms with Gasteiger partial charge in [0.1, 0.15) is 0 Å². The summed E-state index contributed by atoms with van der Waals surface area (Å²) in [5, 5.41) is 0. The SMILES string of the molecule is CCC1CCN(C2(CN)CCCC2(C)C)CC1. The molecule has 2 rings (SSSR count). The summed E-state index contributed by atoms with van der Waals surface area (Å²) in [5.74, 6) is 0.964. The van der Waals surface area contributed by atoms with Gasteiger partial charge in [0.15, 0.2) is 0 Å². The van der Waals surface area contributed by atoms with E-state index in [0.29, 0.717) is 11.0 Å². The molecule has 0 radical (unpaired) electrons. The Balaban J connectivity index is 2.09. The Morgan fingerprint density at radius 3 is 2.24 bits per heavy atom. The van der Waals surface area contributed by atoms with Gasteiger partial charge >= 0.3 is 0 Å². The van der Waals surface area contributed by atoms with E-state index in [4.69, 9.17) is 5.73 Å². The molecule has 0 aromatic heterocycles. The number of hydrogen-bond acceptors (Lipinski definition) is 2. The van der Waals surface area contributed by atoms with Crippen LogP contribution in [0.2, 0.25) is 0 Å². The summed E-state index contributed by atoms with van der Waals surface area (Å²) in [6, 6.07) is 0. The standard InChI is InChI=1S/C15H30N2/c1-4-13-6-10-17(11-7-13)15(12-16)9-5-8-14(15,2)3/h13H,4-12,16H2,1-3H3. The Kier molecular flexibility index (Phi) is 3.84. The van der Waals surface area contributed by atoms with E-state index >= 15 is 0 Å². The van der Waals surface area contributed by atoms with E-state index in [1.807, 2.05) is 0 Å². The summed E-state index contributed by atoms with van der Waals surface area (Å²) in [5.41, 5.74) is 6.90. The van der Waals surface area contributed by atoms with Gasteiger partial charge in [-0.3, -0.25) is 4.90 Å². The number of hydrogen-bond donors (Lipinski definition) is 1. The fraction of sp³-hybridized carbons (Fsp3) is 1.00. The first-order chi connectivity index (χ1) is 8.05. The van der Waals surface area contributed by atoms with Crippen molar-refractivity contribution in [3.05, 3.63) is 0 Å². The smallest absolute Gasteiger partial charge is 0.0382 e. The summed E-state index contributed by atoms with van der Waals surface area (Å²) >= 11 is 0. The van der Waals surface area contributed by atoms with Crippen LogP contribution in [0.4, 0.5) is 0 Å². The van der Waals surface area contributed by atoms with Gasteiger partial charge in [0, 0.05) is 12.1 Å². The van der Waals surface area contributed by atoms with Crippen LogP contribution >= 0.6 is 0 Å². The van der Waals surface area contributed by atoms with Gasteiger partial charge in [-0.15, -0.1) is 0 Å². The van der Waals surface area contributed by atoms with E-state index in [9.17, 15) is 0 Å². The predicted molar refractivity (Wildman–Crippen MR) is 74.0 cm³/mol. The molecule has 2 N–H and O–H groups in total. The Morgan fingerprint density at radius 2 is 1.82 bits per heavy atom. The minimum absolute atomic E-state index is 0.297. The molecule has 100 valence electrons. The van der Waals surface area contributed by atoms with Crippen molar-refractivity contribution in [2.75, 3.05) is 19.6 Å². The fourth-order valence-electron chi connectivity index (χ4n) is 4.26. The lowest BCUT2D eigenvalue weighted by atomic mass is 9.72. The highest BCUT2D eigenvalue weighted by molar-refractivity contribution is 5.07. The Morgan fingerprint density at radius 1 is 1.18 bits per heavy atom. The lowest BCUT2D eigenvalue weighted by Crippen LogP contribution is -2.61. The van der Waals surface area contributed by atoms with E-state index in [0.717, 1.165) is 12.5 Å². The molecule has 17 heavy (non-hydrogen) atoms. The van der Waals surface area contributed by atoms with Crippen molar-refractivity contribution in [1.29, 1.82) is 0 Å². The maximum Gasteiger partial charge on any atom is 0.0382 e. The highest BCUT2D eigenvalue weighted by Gasteiger charge is 2.51. The lowest BCUT2D eigenvalue weighted by molar-refractivity contribution is -0.0108. The quantitative estimate of drug-likeness (QED) is 0.819. The Bertz CT molecular complexity index is 254. The average molecular weight is 238 g/mol. The third-order valence-electron chi connectivity index (χ3n) is 5.79. The third-order valence-corrected chi connectivity index (χ3v) is 5.79. The third kappa shape index (κ3) is 2.15. The zero-order valence-electron chi connectivity index (χ0n) is 12.0. The average Bonchev–Trinajstić information content (AvgIpc) is 2.65. The molecule has 2 heteroatoms. The van der Waals surface area contributed by atoms with Gasteiger partial charge in [-0.2, -0.15) is 0 Å². The van der Waals surface area contributed by atoms with Crippen LogP contribution in [0.5, 0.6) is 0 Å². The molecule has 1 atom stereocenters. The molecule has 0 aromatic rings. The topological polar surface area (TPSA) is 29.3 Å². The van der Waals surface area contributed by atoms with Gasteiger partial charge in [0.05, 0.1) is 0 Å². The van der Waals surface area contributed by atoms with Crippen molar-refractivity contribution in [2.24, 2.45) is 17.1 Å². The zero-order valence-corrected chi connectivity index (χ0v) is 12.0. The highest BCUT2D eigenvalue weighted by atomic mass is 15.2. The maximum absolute atomic E-state index is 6.20. The second kappa shape index (κ2) is 4.89. The molecule has 0 aromatic carbocycles. The van der Waals surface area contributed by atoms with Crippen LogP contribution in [-0.2, 0) is 0 Å². The number of nitrogens with zero attached hydrogens (tertiary/aromatic N) is 1. The molecule has 0 amide bonds. The molecule has 1 heterocycles. The van der Waals surface area contributed by atoms with Crippen LogP contribution in [0, 0.1) is 11.3 Å². The van der Waals surface area contributed by atoms with Gasteiger partial charge in [-0.25, -0.2) is 0 Å². The largest absolute Gasteiger partial charge is 0.329 e. The maximum atomic E-state index is 6.20. The molecular weight excluding hydrogens is 208 g/mol. The number of piperidine rings is 1. The van der Waals surface area contributed by atoms with Gasteiger partial charge in [-0.1, -0.05) is 33.6 Å². The Labute approximate surface area is 107 Å². The molecule has 2 fully saturated rings. The fourth-order valence-corrected chi connectivity index (χ4v) is 4.26. The van der Waals surface area contributed by atoms with Gasteiger partial charge in [0.2, 0.25) is 0 Å². The van der Waals surface area contributed by atoms with Crippen LogP contribution in [0.15, 0.2) is 0 Å². The first-order valence-electron chi connectivity index (χ1n) is 7.51. The van der Waals surface area contributed by atoms with E-state index < -0.39 is 0 Å². The van der Waals surface area contributed by atoms with Crippen LogP contribution in [0.25, 0.3) is 0 Å². The van der Waals surface area contributed by atoms with Crippen molar-refractivity contribution in [3.63, 3.8) is 0 Å². The van der Waals surface area contributed by atoms with E-state index in [1.165, 1.54) is 51.6 Å². The van der Waals surface area contributed by atoms with E-state index in [1.54, 1.807) is 0 Å². The molecule has 2 aliphatic rings. The van der Waals surface area contributed by atoms with Crippen molar-refractivity contribution < 1.29 is 0 Å². The van der Waals surface area contributed by atoms with Crippen LogP contribution in [0.3, 0.4) is 0 Å². The monoisotopic (exact) mass is 238 g/mol.